The molecule has 76 valence electrons. The van der Waals surface area contributed by atoms with Gasteiger partial charge in [-0.3, -0.25) is 0 Å². The molecular formula is C11H9ClN2O. The quantitative estimate of drug-likeness (QED) is 0.798. The van der Waals surface area contributed by atoms with E-state index in [1.54, 1.807) is 6.20 Å². The molecule has 4 heteroatoms. The molecule has 1 heterocycles. The van der Waals surface area contributed by atoms with Gasteiger partial charge in [-0.25, -0.2) is 9.97 Å². The van der Waals surface area contributed by atoms with Gasteiger partial charge in [0.1, 0.15) is 6.61 Å². The molecule has 2 rings (SSSR count). The van der Waals surface area contributed by atoms with E-state index in [2.05, 4.69) is 9.97 Å². The molecule has 0 spiro atoms. The van der Waals surface area contributed by atoms with Crippen molar-refractivity contribution in [2.45, 2.75) is 6.61 Å². The molecule has 0 atom stereocenters. The zero-order chi connectivity index (χ0) is 10.5. The first-order chi connectivity index (χ1) is 7.36. The zero-order valence-electron chi connectivity index (χ0n) is 7.93. The third kappa shape index (κ3) is 2.67. The van der Waals surface area contributed by atoms with Crippen molar-refractivity contribution in [2.24, 2.45) is 0 Å². The van der Waals surface area contributed by atoms with Crippen LogP contribution in [-0.2, 0) is 6.61 Å². The summed E-state index contributed by atoms with van der Waals surface area (Å²) in [5.41, 5.74) is 1.07. The SMILES string of the molecule is Clc1nccnc1OCc1ccccc1. The second-order valence-corrected chi connectivity index (χ2v) is 3.28. The number of hydrogen-bond acceptors (Lipinski definition) is 3. The Balaban J connectivity index is 2.03. The number of nitrogens with zero attached hydrogens (tertiary/aromatic N) is 2. The molecule has 0 N–H and O–H groups in total. The lowest BCUT2D eigenvalue weighted by Gasteiger charge is -2.05. The number of hydrogen-bond donors (Lipinski definition) is 0. The van der Waals surface area contributed by atoms with E-state index in [0.717, 1.165) is 5.56 Å². The average molecular weight is 221 g/mol. The van der Waals surface area contributed by atoms with Crippen LogP contribution in [-0.4, -0.2) is 9.97 Å². The predicted molar refractivity (Wildman–Crippen MR) is 57.8 cm³/mol. The summed E-state index contributed by atoms with van der Waals surface area (Å²) in [6.07, 6.45) is 3.07. The second kappa shape index (κ2) is 4.75. The van der Waals surface area contributed by atoms with E-state index >= 15 is 0 Å². The highest BCUT2D eigenvalue weighted by atomic mass is 35.5. The molecule has 3 nitrogen and oxygen atoms in total. The van der Waals surface area contributed by atoms with E-state index in [1.165, 1.54) is 6.20 Å². The molecule has 0 aliphatic rings. The van der Waals surface area contributed by atoms with Gasteiger partial charge in [0.15, 0.2) is 5.15 Å². The van der Waals surface area contributed by atoms with Crippen LogP contribution in [0, 0.1) is 0 Å². The van der Waals surface area contributed by atoms with Crippen molar-refractivity contribution in [2.75, 3.05) is 0 Å². The van der Waals surface area contributed by atoms with Crippen LogP contribution in [0.5, 0.6) is 5.88 Å². The first-order valence-corrected chi connectivity index (χ1v) is 4.87. The van der Waals surface area contributed by atoms with Crippen LogP contribution in [0.3, 0.4) is 0 Å². The summed E-state index contributed by atoms with van der Waals surface area (Å²) in [6.45, 7) is 0.444. The molecule has 0 aliphatic carbocycles. The third-order valence-electron chi connectivity index (χ3n) is 1.84. The molecule has 0 saturated heterocycles. The molecule has 15 heavy (non-hydrogen) atoms. The van der Waals surface area contributed by atoms with Gasteiger partial charge in [0.05, 0.1) is 0 Å². The van der Waals surface area contributed by atoms with Crippen molar-refractivity contribution in [3.8, 4) is 5.88 Å². The number of aromatic nitrogens is 2. The Bertz CT molecular complexity index is 434. The molecule has 0 bridgehead atoms. The van der Waals surface area contributed by atoms with E-state index < -0.39 is 0 Å². The van der Waals surface area contributed by atoms with E-state index in [9.17, 15) is 0 Å². The summed E-state index contributed by atoms with van der Waals surface area (Å²) in [5, 5.41) is 0.286. The Morgan fingerprint density at radius 3 is 2.53 bits per heavy atom. The fourth-order valence-corrected chi connectivity index (χ4v) is 1.29. The average Bonchev–Trinajstić information content (AvgIpc) is 2.29. The smallest absolute Gasteiger partial charge is 0.252 e. The Labute approximate surface area is 92.7 Å². The first kappa shape index (κ1) is 9.93. The van der Waals surface area contributed by atoms with Crippen LogP contribution in [0.4, 0.5) is 0 Å². The molecule has 0 aliphatic heterocycles. The fourth-order valence-electron chi connectivity index (χ4n) is 1.13. The number of ether oxygens (including phenoxy) is 1. The van der Waals surface area contributed by atoms with Crippen LogP contribution in [0.1, 0.15) is 5.56 Å². The van der Waals surface area contributed by atoms with Crippen LogP contribution in [0.25, 0.3) is 0 Å². The number of benzene rings is 1. The fraction of sp³-hybridized carbons (Fsp3) is 0.0909. The maximum absolute atomic E-state index is 5.79. The molecule has 0 radical (unpaired) electrons. The van der Waals surface area contributed by atoms with Crippen molar-refractivity contribution in [1.82, 2.24) is 9.97 Å². The van der Waals surface area contributed by atoms with Crippen LogP contribution >= 0.6 is 11.6 Å². The van der Waals surface area contributed by atoms with E-state index in [-0.39, 0.29) is 5.15 Å². The van der Waals surface area contributed by atoms with Gasteiger partial charge >= 0.3 is 0 Å². The topological polar surface area (TPSA) is 35.0 Å². The maximum Gasteiger partial charge on any atom is 0.252 e. The molecule has 1 aromatic heterocycles. The summed E-state index contributed by atoms with van der Waals surface area (Å²) < 4.78 is 5.42. The predicted octanol–water partition coefficient (Wildman–Crippen LogP) is 2.71. The number of rotatable bonds is 3. The molecule has 0 saturated carbocycles. The molecule has 2 aromatic rings. The van der Waals surface area contributed by atoms with Crippen LogP contribution in [0.2, 0.25) is 5.15 Å². The van der Waals surface area contributed by atoms with Gasteiger partial charge in [-0.2, -0.15) is 0 Å². The van der Waals surface area contributed by atoms with Gasteiger partial charge < -0.3 is 4.74 Å². The summed E-state index contributed by atoms with van der Waals surface area (Å²) >= 11 is 5.79. The summed E-state index contributed by atoms with van der Waals surface area (Å²) in [7, 11) is 0. The van der Waals surface area contributed by atoms with Crippen LogP contribution in [0.15, 0.2) is 42.7 Å². The van der Waals surface area contributed by atoms with Crippen molar-refractivity contribution in [1.29, 1.82) is 0 Å². The van der Waals surface area contributed by atoms with Crippen molar-refractivity contribution >= 4 is 11.6 Å². The minimum atomic E-state index is 0.286. The third-order valence-corrected chi connectivity index (χ3v) is 2.10. The summed E-state index contributed by atoms with van der Waals surface area (Å²) in [4.78, 5) is 7.85. The lowest BCUT2D eigenvalue weighted by atomic mass is 10.2. The lowest BCUT2D eigenvalue weighted by molar-refractivity contribution is 0.292. The molecule has 0 unspecified atom stereocenters. The van der Waals surface area contributed by atoms with Crippen molar-refractivity contribution < 1.29 is 4.74 Å². The Morgan fingerprint density at radius 2 is 1.80 bits per heavy atom. The highest BCUT2D eigenvalue weighted by Gasteiger charge is 2.02. The molecular weight excluding hydrogens is 212 g/mol. The summed E-state index contributed by atoms with van der Waals surface area (Å²) in [5.74, 6) is 0.364. The van der Waals surface area contributed by atoms with Gasteiger partial charge in [0, 0.05) is 12.4 Å². The highest BCUT2D eigenvalue weighted by molar-refractivity contribution is 6.30. The monoisotopic (exact) mass is 220 g/mol. The van der Waals surface area contributed by atoms with Gasteiger partial charge in [-0.15, -0.1) is 0 Å². The van der Waals surface area contributed by atoms with E-state index in [4.69, 9.17) is 16.3 Å². The van der Waals surface area contributed by atoms with Crippen molar-refractivity contribution in [3.05, 3.63) is 53.4 Å². The summed E-state index contributed by atoms with van der Waals surface area (Å²) in [6, 6.07) is 9.82. The van der Waals surface area contributed by atoms with E-state index in [1.807, 2.05) is 30.3 Å². The second-order valence-electron chi connectivity index (χ2n) is 2.93. The zero-order valence-corrected chi connectivity index (χ0v) is 8.69. The highest BCUT2D eigenvalue weighted by Crippen LogP contribution is 2.18. The van der Waals surface area contributed by atoms with Gasteiger partial charge in [0.25, 0.3) is 5.88 Å². The Kier molecular flexibility index (Phi) is 3.15. The first-order valence-electron chi connectivity index (χ1n) is 4.49. The van der Waals surface area contributed by atoms with E-state index in [0.29, 0.717) is 12.5 Å². The van der Waals surface area contributed by atoms with Gasteiger partial charge in [-0.1, -0.05) is 41.9 Å². The number of halogens is 1. The largest absolute Gasteiger partial charge is 0.471 e. The normalized spacial score (nSPS) is 9.93. The van der Waals surface area contributed by atoms with Gasteiger partial charge in [0.2, 0.25) is 0 Å². The van der Waals surface area contributed by atoms with Gasteiger partial charge in [-0.05, 0) is 5.56 Å². The standard InChI is InChI=1S/C11H9ClN2O/c12-10-11(14-7-6-13-10)15-8-9-4-2-1-3-5-9/h1-7H,8H2. The lowest BCUT2D eigenvalue weighted by Crippen LogP contribution is -1.98. The minimum absolute atomic E-state index is 0.286. The maximum atomic E-state index is 5.79. The Hall–Kier alpha value is -1.61. The molecule has 0 amide bonds. The van der Waals surface area contributed by atoms with Crippen LogP contribution < -0.4 is 4.74 Å². The van der Waals surface area contributed by atoms with Crippen molar-refractivity contribution in [3.63, 3.8) is 0 Å². The Morgan fingerprint density at radius 1 is 1.07 bits per heavy atom. The molecule has 1 aromatic carbocycles. The minimum Gasteiger partial charge on any atom is -0.471 e. The molecule has 0 fully saturated rings.